The maximum Gasteiger partial charge on any atom is 0.194 e. The van der Waals surface area contributed by atoms with Crippen LogP contribution in [0.2, 0.25) is 0 Å². The number of rotatable bonds is 4. The summed E-state index contributed by atoms with van der Waals surface area (Å²) in [4.78, 5) is 0. The van der Waals surface area contributed by atoms with Crippen molar-refractivity contribution in [1.82, 2.24) is 0 Å². The number of hydrogen-bond acceptors (Lipinski definition) is 0. The van der Waals surface area contributed by atoms with Gasteiger partial charge in [-0.25, -0.2) is 13.2 Å². The monoisotopic (exact) mass is 336 g/mol. The van der Waals surface area contributed by atoms with Gasteiger partial charge in [-0.3, -0.25) is 0 Å². The van der Waals surface area contributed by atoms with E-state index in [0.29, 0.717) is 5.56 Å². The zero-order valence-electron chi connectivity index (χ0n) is 14.6. The minimum atomic E-state index is -1.36. The Balaban J connectivity index is 2.10. The SMILES string of the molecule is CCCC1(C2=C(c3cc(F)c(F)c(F)c3)CCCC2)CCCCC1. The van der Waals surface area contributed by atoms with Gasteiger partial charge < -0.3 is 0 Å². The van der Waals surface area contributed by atoms with E-state index in [-0.39, 0.29) is 5.41 Å². The average molecular weight is 336 g/mol. The van der Waals surface area contributed by atoms with Gasteiger partial charge in [0.05, 0.1) is 0 Å². The Kier molecular flexibility index (Phi) is 5.36. The van der Waals surface area contributed by atoms with Crippen LogP contribution in [0.1, 0.15) is 83.1 Å². The summed E-state index contributed by atoms with van der Waals surface area (Å²) in [5.74, 6) is -3.51. The first kappa shape index (κ1) is 17.6. The first-order valence-corrected chi connectivity index (χ1v) is 9.45. The average Bonchev–Trinajstić information content (AvgIpc) is 2.60. The molecule has 0 saturated heterocycles. The molecule has 3 rings (SSSR count). The lowest BCUT2D eigenvalue weighted by Crippen LogP contribution is -2.28. The molecular formula is C21H27F3. The van der Waals surface area contributed by atoms with Crippen molar-refractivity contribution in [1.29, 1.82) is 0 Å². The Labute approximate surface area is 143 Å². The van der Waals surface area contributed by atoms with Gasteiger partial charge in [0.25, 0.3) is 0 Å². The number of halogens is 3. The Bertz CT molecular complexity index is 595. The Morgan fingerprint density at radius 3 is 2.12 bits per heavy atom. The van der Waals surface area contributed by atoms with E-state index in [9.17, 15) is 13.2 Å². The molecule has 0 unspecified atom stereocenters. The minimum Gasteiger partial charge on any atom is -0.204 e. The van der Waals surface area contributed by atoms with Crippen LogP contribution in [0, 0.1) is 22.9 Å². The van der Waals surface area contributed by atoms with Crippen molar-refractivity contribution < 1.29 is 13.2 Å². The Morgan fingerprint density at radius 2 is 1.50 bits per heavy atom. The van der Waals surface area contributed by atoms with Gasteiger partial charge in [0.15, 0.2) is 17.5 Å². The van der Waals surface area contributed by atoms with E-state index in [1.165, 1.54) is 49.8 Å². The van der Waals surface area contributed by atoms with Gasteiger partial charge in [0, 0.05) is 0 Å². The normalized spacial score (nSPS) is 21.2. The summed E-state index contributed by atoms with van der Waals surface area (Å²) in [7, 11) is 0. The molecule has 1 fully saturated rings. The smallest absolute Gasteiger partial charge is 0.194 e. The molecule has 0 aliphatic heterocycles. The molecule has 0 amide bonds. The molecule has 0 aromatic heterocycles. The van der Waals surface area contributed by atoms with Gasteiger partial charge in [-0.05, 0) is 73.6 Å². The van der Waals surface area contributed by atoms with Crippen molar-refractivity contribution in [3.63, 3.8) is 0 Å². The molecule has 3 heteroatoms. The van der Waals surface area contributed by atoms with E-state index >= 15 is 0 Å². The van der Waals surface area contributed by atoms with E-state index < -0.39 is 17.5 Å². The van der Waals surface area contributed by atoms with E-state index in [0.717, 1.165) is 44.1 Å². The van der Waals surface area contributed by atoms with Crippen molar-refractivity contribution in [2.45, 2.75) is 77.6 Å². The van der Waals surface area contributed by atoms with Crippen LogP contribution in [0.3, 0.4) is 0 Å². The summed E-state index contributed by atoms with van der Waals surface area (Å²) < 4.78 is 40.9. The van der Waals surface area contributed by atoms with Crippen LogP contribution in [-0.2, 0) is 0 Å². The van der Waals surface area contributed by atoms with Crippen LogP contribution in [0.15, 0.2) is 17.7 Å². The first-order chi connectivity index (χ1) is 11.6. The van der Waals surface area contributed by atoms with Gasteiger partial charge in [-0.1, -0.05) is 38.2 Å². The molecule has 132 valence electrons. The quantitative estimate of drug-likeness (QED) is 0.511. The maximum absolute atomic E-state index is 13.8. The molecule has 1 saturated carbocycles. The van der Waals surface area contributed by atoms with Crippen molar-refractivity contribution in [2.75, 3.05) is 0 Å². The van der Waals surface area contributed by atoms with E-state index in [1.807, 2.05) is 0 Å². The lowest BCUT2D eigenvalue weighted by molar-refractivity contribution is 0.211. The fourth-order valence-electron chi connectivity index (χ4n) is 4.95. The molecule has 2 aliphatic carbocycles. The second kappa shape index (κ2) is 7.33. The highest BCUT2D eigenvalue weighted by atomic mass is 19.2. The zero-order chi connectivity index (χ0) is 17.2. The third kappa shape index (κ3) is 3.27. The maximum atomic E-state index is 13.8. The Morgan fingerprint density at radius 1 is 0.875 bits per heavy atom. The van der Waals surface area contributed by atoms with Crippen LogP contribution < -0.4 is 0 Å². The summed E-state index contributed by atoms with van der Waals surface area (Å²) in [6.45, 7) is 2.22. The molecule has 24 heavy (non-hydrogen) atoms. The van der Waals surface area contributed by atoms with Crippen LogP contribution in [-0.4, -0.2) is 0 Å². The molecule has 0 nitrogen and oxygen atoms in total. The van der Waals surface area contributed by atoms with Gasteiger partial charge in [0.2, 0.25) is 0 Å². The fourth-order valence-corrected chi connectivity index (χ4v) is 4.95. The molecule has 0 spiro atoms. The molecule has 0 heterocycles. The van der Waals surface area contributed by atoms with Gasteiger partial charge in [-0.2, -0.15) is 0 Å². The summed E-state index contributed by atoms with van der Waals surface area (Å²) >= 11 is 0. The largest absolute Gasteiger partial charge is 0.204 e. The second-order valence-electron chi connectivity index (χ2n) is 7.51. The summed E-state index contributed by atoms with van der Waals surface area (Å²) in [6.07, 6.45) is 12.5. The standard InChI is InChI=1S/C21H27F3/c1-2-10-21(11-6-3-7-12-21)17-9-5-4-8-16(17)15-13-18(22)20(24)19(23)14-15/h13-14H,2-12H2,1H3. The number of benzene rings is 1. The van der Waals surface area contributed by atoms with E-state index in [4.69, 9.17) is 0 Å². The number of allylic oxidation sites excluding steroid dienone is 2. The molecule has 0 bridgehead atoms. The van der Waals surface area contributed by atoms with Crippen molar-refractivity contribution >= 4 is 5.57 Å². The van der Waals surface area contributed by atoms with Gasteiger partial charge in [0.1, 0.15) is 0 Å². The molecule has 0 radical (unpaired) electrons. The third-order valence-corrected chi connectivity index (χ3v) is 5.98. The van der Waals surface area contributed by atoms with Gasteiger partial charge in [-0.15, -0.1) is 0 Å². The Hall–Kier alpha value is -1.25. The van der Waals surface area contributed by atoms with Crippen molar-refractivity contribution in [3.8, 4) is 0 Å². The van der Waals surface area contributed by atoms with Gasteiger partial charge >= 0.3 is 0 Å². The van der Waals surface area contributed by atoms with E-state index in [2.05, 4.69) is 6.92 Å². The lowest BCUT2D eigenvalue weighted by atomic mass is 9.62. The molecule has 0 N–H and O–H groups in total. The molecule has 0 atom stereocenters. The van der Waals surface area contributed by atoms with Crippen molar-refractivity contribution in [2.24, 2.45) is 5.41 Å². The van der Waals surface area contributed by atoms with Crippen LogP contribution >= 0.6 is 0 Å². The van der Waals surface area contributed by atoms with Crippen LogP contribution in [0.25, 0.3) is 5.57 Å². The highest BCUT2D eigenvalue weighted by Crippen LogP contribution is 2.52. The zero-order valence-corrected chi connectivity index (χ0v) is 14.6. The molecule has 1 aromatic rings. The van der Waals surface area contributed by atoms with E-state index in [1.54, 1.807) is 0 Å². The highest BCUT2D eigenvalue weighted by molar-refractivity contribution is 5.71. The van der Waals surface area contributed by atoms with Crippen LogP contribution in [0.4, 0.5) is 13.2 Å². The molecule has 2 aliphatic rings. The third-order valence-electron chi connectivity index (χ3n) is 5.98. The summed E-state index contributed by atoms with van der Waals surface area (Å²) in [5, 5.41) is 0. The highest BCUT2D eigenvalue weighted by Gasteiger charge is 2.37. The van der Waals surface area contributed by atoms with Crippen LogP contribution in [0.5, 0.6) is 0 Å². The van der Waals surface area contributed by atoms with Crippen molar-refractivity contribution in [3.05, 3.63) is 40.7 Å². The summed E-state index contributed by atoms with van der Waals surface area (Å²) in [6, 6.07) is 2.39. The first-order valence-electron chi connectivity index (χ1n) is 9.45. The second-order valence-corrected chi connectivity index (χ2v) is 7.51. The lowest BCUT2D eigenvalue weighted by Gasteiger charge is -2.43. The predicted molar refractivity (Wildman–Crippen MR) is 92.1 cm³/mol. The minimum absolute atomic E-state index is 0.199. The summed E-state index contributed by atoms with van der Waals surface area (Å²) in [5.41, 5.74) is 3.27. The topological polar surface area (TPSA) is 0 Å². The predicted octanol–water partition coefficient (Wildman–Crippen LogP) is 7.18. The molecule has 1 aromatic carbocycles. The molecular weight excluding hydrogens is 309 g/mol. The number of hydrogen-bond donors (Lipinski definition) is 0. The fraction of sp³-hybridized carbons (Fsp3) is 0.619.